The molecule has 1 aliphatic rings. The molecule has 1 aromatic heterocycles. The first-order chi connectivity index (χ1) is 22.8. The summed E-state index contributed by atoms with van der Waals surface area (Å²) in [6.45, 7) is 2.00. The molecule has 246 valence electrons. The number of hydrogen-bond donors (Lipinski definition) is 2. The Labute approximate surface area is 277 Å². The number of rotatable bonds is 11. The standard InChI is InChI=1S/C36H32N2O8S2/c1-3-4-5-11-20-47(42,43)23-16-17-26(29(21-23)48(44,45)46)37-27-18-19-28-32-30(24-14-9-10-15-25(24)35(40)31(27)32)33(36(41)38(28)2)34(39)22-12-7-6-8-13-22/h6-10,12-19,21,37H,3-5,11,20H2,1-2H3,(H,44,45,46). The fourth-order valence-electron chi connectivity index (χ4n) is 6.22. The molecule has 0 unspecified atom stereocenters. The third kappa shape index (κ3) is 5.76. The zero-order valence-corrected chi connectivity index (χ0v) is 27.8. The first-order valence-corrected chi connectivity index (χ1v) is 18.5. The lowest BCUT2D eigenvalue weighted by molar-refractivity contribution is 0.102. The lowest BCUT2D eigenvalue weighted by Gasteiger charge is -2.26. The molecule has 0 bridgehead atoms. The highest BCUT2D eigenvalue weighted by molar-refractivity contribution is 7.91. The summed E-state index contributed by atoms with van der Waals surface area (Å²) >= 11 is 0. The van der Waals surface area contributed by atoms with Crippen molar-refractivity contribution in [3.63, 3.8) is 0 Å². The van der Waals surface area contributed by atoms with Crippen molar-refractivity contribution in [1.82, 2.24) is 4.57 Å². The number of anilines is 2. The highest BCUT2D eigenvalue weighted by Crippen LogP contribution is 2.44. The van der Waals surface area contributed by atoms with Crippen molar-refractivity contribution in [3.05, 3.63) is 118 Å². The lowest BCUT2D eigenvalue weighted by Crippen LogP contribution is -2.29. The maximum atomic E-state index is 14.2. The Bertz CT molecular complexity index is 2420. The second kappa shape index (κ2) is 12.6. The summed E-state index contributed by atoms with van der Waals surface area (Å²) in [6, 6.07) is 21.4. The summed E-state index contributed by atoms with van der Waals surface area (Å²) in [5.41, 5.74) is 0.914. The van der Waals surface area contributed by atoms with Crippen LogP contribution < -0.4 is 10.9 Å². The number of nitrogens with zero attached hydrogens (tertiary/aromatic N) is 1. The van der Waals surface area contributed by atoms with Crippen LogP contribution in [-0.2, 0) is 27.0 Å². The summed E-state index contributed by atoms with van der Waals surface area (Å²) in [4.78, 5) is 41.1. The van der Waals surface area contributed by atoms with Gasteiger partial charge in [0.2, 0.25) is 0 Å². The molecule has 0 saturated carbocycles. The van der Waals surface area contributed by atoms with Crippen LogP contribution in [0.1, 0.15) is 64.4 Å². The molecule has 0 amide bonds. The molecule has 1 aliphatic carbocycles. The van der Waals surface area contributed by atoms with E-state index in [4.69, 9.17) is 0 Å². The van der Waals surface area contributed by atoms with Crippen LogP contribution in [0.3, 0.4) is 0 Å². The number of hydrogen-bond acceptors (Lipinski definition) is 8. The fraction of sp³-hybridized carbons (Fsp3) is 0.194. The van der Waals surface area contributed by atoms with Gasteiger partial charge >= 0.3 is 0 Å². The maximum Gasteiger partial charge on any atom is 0.296 e. The molecule has 0 atom stereocenters. The van der Waals surface area contributed by atoms with Gasteiger partial charge in [-0.2, -0.15) is 8.42 Å². The van der Waals surface area contributed by atoms with Gasteiger partial charge < -0.3 is 9.88 Å². The highest BCUT2D eigenvalue weighted by atomic mass is 32.2. The summed E-state index contributed by atoms with van der Waals surface area (Å²) in [6.07, 6.45) is 2.89. The molecule has 0 fully saturated rings. The minimum absolute atomic E-state index is 0.0767. The number of pyridine rings is 1. The van der Waals surface area contributed by atoms with Crippen LogP contribution >= 0.6 is 0 Å². The molecule has 10 nitrogen and oxygen atoms in total. The first kappa shape index (κ1) is 33.0. The number of aryl methyl sites for hydroxylation is 1. The quantitative estimate of drug-likeness (QED) is 0.0905. The highest BCUT2D eigenvalue weighted by Gasteiger charge is 2.34. The summed E-state index contributed by atoms with van der Waals surface area (Å²) < 4.78 is 62.8. The van der Waals surface area contributed by atoms with Crippen LogP contribution in [0.15, 0.2) is 99.5 Å². The average Bonchev–Trinajstić information content (AvgIpc) is 3.07. The van der Waals surface area contributed by atoms with Crippen molar-refractivity contribution in [3.8, 4) is 11.1 Å². The number of nitrogens with one attached hydrogen (secondary N) is 1. The van der Waals surface area contributed by atoms with Crippen molar-refractivity contribution < 1.29 is 31.0 Å². The van der Waals surface area contributed by atoms with Crippen molar-refractivity contribution in [2.45, 2.75) is 42.4 Å². The first-order valence-electron chi connectivity index (χ1n) is 15.4. The Morgan fingerprint density at radius 3 is 2.15 bits per heavy atom. The third-order valence-electron chi connectivity index (χ3n) is 8.62. The molecule has 6 rings (SSSR count). The number of aromatic nitrogens is 1. The van der Waals surface area contributed by atoms with Gasteiger partial charge in [0, 0.05) is 29.1 Å². The van der Waals surface area contributed by atoms with E-state index in [0.29, 0.717) is 29.3 Å². The summed E-state index contributed by atoms with van der Waals surface area (Å²) in [7, 11) is -7.30. The summed E-state index contributed by atoms with van der Waals surface area (Å²) in [5.74, 6) is -1.15. The number of ketones is 2. The molecule has 1 heterocycles. The SMILES string of the molecule is CCCCCCS(=O)(=O)c1ccc(Nc2ccc3c4c2C(=O)c2ccccc2-c4c(C(=O)c2ccccc2)c(=O)n3C)c(S(=O)(=O)O)c1. The largest absolute Gasteiger partial charge is 0.354 e. The smallest absolute Gasteiger partial charge is 0.296 e. The van der Waals surface area contributed by atoms with Crippen LogP contribution in [0.25, 0.3) is 22.0 Å². The molecule has 48 heavy (non-hydrogen) atoms. The predicted molar refractivity (Wildman–Crippen MR) is 184 cm³/mol. The number of sulfone groups is 1. The van der Waals surface area contributed by atoms with Crippen LogP contribution in [0.4, 0.5) is 11.4 Å². The topological polar surface area (TPSA) is 157 Å². The Kier molecular flexibility index (Phi) is 8.67. The average molecular weight is 685 g/mol. The van der Waals surface area contributed by atoms with Gasteiger partial charge in [0.05, 0.1) is 38.7 Å². The second-order valence-corrected chi connectivity index (χ2v) is 15.2. The van der Waals surface area contributed by atoms with Crippen LogP contribution in [0, 0.1) is 0 Å². The number of carbonyl (C=O) groups excluding carboxylic acids is 2. The zero-order valence-electron chi connectivity index (χ0n) is 26.2. The molecule has 0 saturated heterocycles. The van der Waals surface area contributed by atoms with E-state index >= 15 is 0 Å². The Balaban J connectivity index is 1.57. The Hall–Kier alpha value is -4.91. The second-order valence-electron chi connectivity index (χ2n) is 11.7. The van der Waals surface area contributed by atoms with E-state index in [9.17, 15) is 35.8 Å². The van der Waals surface area contributed by atoms with Gasteiger partial charge in [-0.25, -0.2) is 8.42 Å². The van der Waals surface area contributed by atoms with E-state index in [2.05, 4.69) is 5.32 Å². The minimum atomic E-state index is -4.95. The molecular formula is C36H32N2O8S2. The number of fused-ring (bicyclic) bond motifs is 2. The molecular weight excluding hydrogens is 653 g/mol. The van der Waals surface area contributed by atoms with Gasteiger partial charge in [-0.1, -0.05) is 80.8 Å². The molecule has 4 aromatic carbocycles. The zero-order chi connectivity index (χ0) is 34.4. The third-order valence-corrected chi connectivity index (χ3v) is 11.3. The van der Waals surface area contributed by atoms with E-state index in [-0.39, 0.29) is 49.8 Å². The van der Waals surface area contributed by atoms with Gasteiger partial charge in [-0.3, -0.25) is 18.9 Å². The lowest BCUT2D eigenvalue weighted by atomic mass is 9.80. The van der Waals surface area contributed by atoms with Gasteiger partial charge in [-0.15, -0.1) is 0 Å². The molecule has 0 aliphatic heterocycles. The molecule has 12 heteroatoms. The van der Waals surface area contributed by atoms with E-state index in [1.54, 1.807) is 60.7 Å². The maximum absolute atomic E-state index is 14.2. The molecule has 0 spiro atoms. The monoisotopic (exact) mass is 684 g/mol. The normalized spacial score (nSPS) is 12.6. The van der Waals surface area contributed by atoms with Crippen molar-refractivity contribution in [1.29, 1.82) is 0 Å². The Morgan fingerprint density at radius 1 is 0.792 bits per heavy atom. The van der Waals surface area contributed by atoms with Crippen molar-refractivity contribution >= 4 is 53.8 Å². The molecule has 5 aromatic rings. The number of unbranched alkanes of at least 4 members (excludes halogenated alkanes) is 3. The molecule has 0 radical (unpaired) electrons. The van der Waals surface area contributed by atoms with Gasteiger partial charge in [0.1, 0.15) is 4.90 Å². The van der Waals surface area contributed by atoms with Crippen molar-refractivity contribution in [2.24, 2.45) is 7.05 Å². The van der Waals surface area contributed by atoms with E-state index in [0.717, 1.165) is 18.9 Å². The van der Waals surface area contributed by atoms with Crippen LogP contribution in [0.2, 0.25) is 0 Å². The van der Waals surface area contributed by atoms with E-state index < -0.39 is 42.0 Å². The number of carbonyl (C=O) groups is 2. The Morgan fingerprint density at radius 2 is 1.46 bits per heavy atom. The van der Waals surface area contributed by atoms with E-state index in [1.165, 1.54) is 29.8 Å². The van der Waals surface area contributed by atoms with Gasteiger partial charge in [-0.05, 0) is 42.3 Å². The fourth-order valence-corrected chi connectivity index (χ4v) is 8.36. The number of benzene rings is 4. The van der Waals surface area contributed by atoms with Gasteiger partial charge in [0.15, 0.2) is 21.4 Å². The van der Waals surface area contributed by atoms with Crippen LogP contribution in [0.5, 0.6) is 0 Å². The van der Waals surface area contributed by atoms with Gasteiger partial charge in [0.25, 0.3) is 15.7 Å². The summed E-state index contributed by atoms with van der Waals surface area (Å²) in [5, 5.41) is 3.25. The minimum Gasteiger partial charge on any atom is -0.354 e. The molecule has 2 N–H and O–H groups in total. The predicted octanol–water partition coefficient (Wildman–Crippen LogP) is 6.33. The van der Waals surface area contributed by atoms with Crippen molar-refractivity contribution in [2.75, 3.05) is 11.1 Å². The van der Waals surface area contributed by atoms with Crippen LogP contribution in [-0.4, -0.2) is 43.3 Å². The van der Waals surface area contributed by atoms with E-state index in [1.807, 2.05) is 6.92 Å².